The molecule has 1 aliphatic rings. The molecule has 0 saturated carbocycles. The van der Waals surface area contributed by atoms with Crippen LogP contribution in [0, 0.1) is 0 Å². The molecule has 0 radical (unpaired) electrons. The third-order valence-electron chi connectivity index (χ3n) is 5.39. The maximum Gasteiger partial charge on any atom is 0.0477 e. The average Bonchev–Trinajstić information content (AvgIpc) is 2.97. The van der Waals surface area contributed by atoms with Crippen LogP contribution in [-0.2, 0) is 19.4 Å². The molecule has 0 aliphatic carbocycles. The van der Waals surface area contributed by atoms with Gasteiger partial charge < -0.3 is 4.98 Å². The van der Waals surface area contributed by atoms with Crippen LogP contribution in [0.2, 0.25) is 0 Å². The van der Waals surface area contributed by atoms with Crippen LogP contribution in [0.25, 0.3) is 10.9 Å². The minimum Gasteiger partial charge on any atom is -0.357 e. The molecule has 0 saturated heterocycles. The second-order valence-corrected chi connectivity index (χ2v) is 7.03. The fourth-order valence-corrected chi connectivity index (χ4v) is 4.06. The first-order valence-corrected chi connectivity index (χ1v) is 9.17. The van der Waals surface area contributed by atoms with E-state index in [0.29, 0.717) is 6.04 Å². The van der Waals surface area contributed by atoms with Crippen LogP contribution in [-0.4, -0.2) is 16.4 Å². The Balaban J connectivity index is 1.64. The van der Waals surface area contributed by atoms with Crippen molar-refractivity contribution >= 4 is 10.9 Å². The number of H-pyrrole nitrogens is 1. The smallest absolute Gasteiger partial charge is 0.0477 e. The van der Waals surface area contributed by atoms with Crippen molar-refractivity contribution in [2.45, 2.75) is 45.7 Å². The second-order valence-electron chi connectivity index (χ2n) is 7.03. The first-order valence-electron chi connectivity index (χ1n) is 9.17. The summed E-state index contributed by atoms with van der Waals surface area (Å²) in [5.41, 5.74) is 7.11. The van der Waals surface area contributed by atoms with Gasteiger partial charge in [-0.2, -0.15) is 0 Å². The van der Waals surface area contributed by atoms with Crippen LogP contribution in [0.15, 0.2) is 48.5 Å². The summed E-state index contributed by atoms with van der Waals surface area (Å²) in [4.78, 5) is 6.32. The lowest BCUT2D eigenvalue weighted by Crippen LogP contribution is -2.33. The molecule has 124 valence electrons. The van der Waals surface area contributed by atoms with Gasteiger partial charge in [-0.15, -0.1) is 0 Å². The fourth-order valence-electron chi connectivity index (χ4n) is 4.06. The quantitative estimate of drug-likeness (QED) is 0.697. The Bertz CT molecular complexity index is 832. The highest BCUT2D eigenvalue weighted by Crippen LogP contribution is 2.35. The zero-order valence-corrected chi connectivity index (χ0v) is 14.7. The Morgan fingerprint density at radius 1 is 1.08 bits per heavy atom. The largest absolute Gasteiger partial charge is 0.357 e. The number of fused-ring (bicyclic) bond motifs is 3. The van der Waals surface area contributed by atoms with E-state index in [1.54, 1.807) is 0 Å². The summed E-state index contributed by atoms with van der Waals surface area (Å²) in [7, 11) is 0. The minimum atomic E-state index is 0.441. The van der Waals surface area contributed by atoms with E-state index < -0.39 is 0 Å². The summed E-state index contributed by atoms with van der Waals surface area (Å²) in [5.74, 6) is 0. The summed E-state index contributed by atoms with van der Waals surface area (Å²) in [6.45, 7) is 6.74. The molecule has 2 aromatic carbocycles. The van der Waals surface area contributed by atoms with E-state index in [9.17, 15) is 0 Å². The van der Waals surface area contributed by atoms with Gasteiger partial charge in [0.05, 0.1) is 0 Å². The number of hydrogen-bond acceptors (Lipinski definition) is 1. The third kappa shape index (κ3) is 2.76. The number of rotatable bonds is 4. The van der Waals surface area contributed by atoms with Gasteiger partial charge in [-0.05, 0) is 42.5 Å². The predicted octanol–water partition coefficient (Wildman–Crippen LogP) is 5.24. The third-order valence-corrected chi connectivity index (χ3v) is 5.39. The Kier molecular flexibility index (Phi) is 4.15. The predicted molar refractivity (Wildman–Crippen MR) is 101 cm³/mol. The zero-order valence-electron chi connectivity index (χ0n) is 14.7. The van der Waals surface area contributed by atoms with E-state index in [2.05, 4.69) is 72.3 Å². The minimum absolute atomic E-state index is 0.441. The topological polar surface area (TPSA) is 19.0 Å². The molecule has 1 aromatic heterocycles. The van der Waals surface area contributed by atoms with E-state index in [0.717, 1.165) is 25.9 Å². The molecule has 0 spiro atoms. The van der Waals surface area contributed by atoms with Crippen molar-refractivity contribution in [1.82, 2.24) is 9.88 Å². The molecule has 0 amide bonds. The van der Waals surface area contributed by atoms with Crippen molar-refractivity contribution < 1.29 is 0 Å². The Morgan fingerprint density at radius 2 is 1.92 bits per heavy atom. The number of nitrogens with zero attached hydrogens (tertiary/aromatic N) is 1. The first kappa shape index (κ1) is 15.5. The molecular weight excluding hydrogens is 292 g/mol. The monoisotopic (exact) mass is 318 g/mol. The van der Waals surface area contributed by atoms with Crippen LogP contribution < -0.4 is 0 Å². The molecule has 4 rings (SSSR count). The highest BCUT2D eigenvalue weighted by molar-refractivity contribution is 5.85. The number of aromatic nitrogens is 1. The lowest BCUT2D eigenvalue weighted by atomic mass is 9.97. The van der Waals surface area contributed by atoms with Gasteiger partial charge in [0.2, 0.25) is 0 Å². The number of aryl methyl sites for hydroxylation is 1. The van der Waals surface area contributed by atoms with Crippen LogP contribution in [0.3, 0.4) is 0 Å². The van der Waals surface area contributed by atoms with Crippen molar-refractivity contribution in [2.24, 2.45) is 0 Å². The molecule has 2 heteroatoms. The van der Waals surface area contributed by atoms with Crippen molar-refractivity contribution in [3.63, 3.8) is 0 Å². The lowest BCUT2D eigenvalue weighted by molar-refractivity contribution is 0.187. The van der Waals surface area contributed by atoms with E-state index in [1.807, 2.05) is 0 Å². The summed E-state index contributed by atoms with van der Waals surface area (Å²) in [6, 6.07) is 18.2. The lowest BCUT2D eigenvalue weighted by Gasteiger charge is -2.33. The van der Waals surface area contributed by atoms with Crippen molar-refractivity contribution in [3.8, 4) is 0 Å². The van der Waals surface area contributed by atoms with Crippen LogP contribution in [0.1, 0.15) is 48.7 Å². The average molecular weight is 318 g/mol. The van der Waals surface area contributed by atoms with Crippen LogP contribution in [0.5, 0.6) is 0 Å². The Labute approximate surface area is 144 Å². The Morgan fingerprint density at radius 3 is 2.71 bits per heavy atom. The van der Waals surface area contributed by atoms with Gasteiger partial charge in [-0.25, -0.2) is 0 Å². The number of aromatic amines is 1. The summed E-state index contributed by atoms with van der Waals surface area (Å²) >= 11 is 0. The molecule has 1 atom stereocenters. The molecule has 0 fully saturated rings. The van der Waals surface area contributed by atoms with E-state index >= 15 is 0 Å². The maximum absolute atomic E-state index is 3.74. The van der Waals surface area contributed by atoms with Crippen LogP contribution in [0.4, 0.5) is 0 Å². The highest BCUT2D eigenvalue weighted by atomic mass is 15.2. The maximum atomic E-state index is 3.74. The van der Waals surface area contributed by atoms with Gasteiger partial charge in [0.25, 0.3) is 0 Å². The molecule has 24 heavy (non-hydrogen) atoms. The highest BCUT2D eigenvalue weighted by Gasteiger charge is 2.27. The van der Waals surface area contributed by atoms with Gasteiger partial charge in [-0.3, -0.25) is 4.90 Å². The molecule has 1 N–H and O–H groups in total. The second kappa shape index (κ2) is 6.45. The van der Waals surface area contributed by atoms with Gasteiger partial charge in [0.1, 0.15) is 0 Å². The number of benzene rings is 2. The number of hydrogen-bond donors (Lipinski definition) is 1. The van der Waals surface area contributed by atoms with Crippen molar-refractivity contribution in [1.29, 1.82) is 0 Å². The fraction of sp³-hybridized carbons (Fsp3) is 0.364. The molecule has 0 bridgehead atoms. The molecule has 2 nitrogen and oxygen atoms in total. The molecule has 1 unspecified atom stereocenters. The molecule has 3 aromatic rings. The first-order chi connectivity index (χ1) is 11.8. The standard InChI is InChI=1S/C22H26N2/c1-3-7-17-10-11-19-20-12-13-24(15-18-8-5-4-6-9-18)16(2)22(20)23-21(19)14-17/h4-6,8-11,14,16,23H,3,7,12-13,15H2,1-2H3. The molecule has 1 aliphatic heterocycles. The molecule has 2 heterocycles. The van der Waals surface area contributed by atoms with E-state index in [-0.39, 0.29) is 0 Å². The SMILES string of the molecule is CCCc1ccc2c3c([nH]c2c1)C(C)N(Cc1ccccc1)CC3. The zero-order chi connectivity index (χ0) is 16.5. The van der Waals surface area contributed by atoms with Gasteiger partial charge in [0, 0.05) is 35.7 Å². The summed E-state index contributed by atoms with van der Waals surface area (Å²) in [5, 5.41) is 1.43. The van der Waals surface area contributed by atoms with E-state index in [1.165, 1.54) is 39.7 Å². The number of nitrogens with one attached hydrogen (secondary N) is 1. The van der Waals surface area contributed by atoms with Crippen molar-refractivity contribution in [2.75, 3.05) is 6.54 Å². The normalized spacial score (nSPS) is 18.0. The van der Waals surface area contributed by atoms with Crippen molar-refractivity contribution in [3.05, 3.63) is 70.9 Å². The van der Waals surface area contributed by atoms with Gasteiger partial charge >= 0.3 is 0 Å². The van der Waals surface area contributed by atoms with Crippen LogP contribution >= 0.6 is 0 Å². The molecular formula is C22H26N2. The summed E-state index contributed by atoms with van der Waals surface area (Å²) in [6.07, 6.45) is 3.50. The van der Waals surface area contributed by atoms with Gasteiger partial charge in [-0.1, -0.05) is 55.8 Å². The van der Waals surface area contributed by atoms with Gasteiger partial charge in [0.15, 0.2) is 0 Å². The van der Waals surface area contributed by atoms with E-state index in [4.69, 9.17) is 0 Å². The Hall–Kier alpha value is -2.06. The summed E-state index contributed by atoms with van der Waals surface area (Å²) < 4.78 is 0.